The molecule has 2 fully saturated rings. The Morgan fingerprint density at radius 3 is 1.02 bits per heavy atom. The van der Waals surface area contributed by atoms with Gasteiger partial charge in [-0.25, -0.2) is 0 Å². The van der Waals surface area contributed by atoms with Crippen LogP contribution >= 0.6 is 0 Å². The van der Waals surface area contributed by atoms with E-state index in [9.17, 15) is 45.6 Å². The molecule has 2 aliphatic heterocycles. The topological polar surface area (TPSA) is 228 Å². The Morgan fingerprint density at radius 2 is 0.667 bits per heavy atom. The van der Waals surface area contributed by atoms with Crippen LogP contribution in [0, 0.1) is 0 Å². The van der Waals surface area contributed by atoms with E-state index in [1.807, 2.05) is 6.08 Å². The number of carbonyl (C=O) groups excluding carboxylic acids is 1. The lowest BCUT2D eigenvalue weighted by Gasteiger charge is -2.46. The number of hydrogen-bond acceptors (Lipinski definition) is 13. The molecule has 1 amide bonds. The zero-order chi connectivity index (χ0) is 69.4. The maximum atomic E-state index is 13.4. The first-order valence-corrected chi connectivity index (χ1v) is 41.6. The molecule has 568 valence electrons. The van der Waals surface area contributed by atoms with E-state index in [-0.39, 0.29) is 18.9 Å². The molecular formula is C82H157NO13. The van der Waals surface area contributed by atoms with E-state index >= 15 is 0 Å². The molecule has 0 bridgehead atoms. The van der Waals surface area contributed by atoms with E-state index in [1.54, 1.807) is 6.08 Å². The third-order valence-corrected chi connectivity index (χ3v) is 20.6. The van der Waals surface area contributed by atoms with Crippen molar-refractivity contribution in [3.63, 3.8) is 0 Å². The van der Waals surface area contributed by atoms with Crippen LogP contribution in [0.1, 0.15) is 399 Å². The first kappa shape index (κ1) is 90.6. The van der Waals surface area contributed by atoms with Gasteiger partial charge in [-0.1, -0.05) is 385 Å². The molecule has 14 nitrogen and oxygen atoms in total. The predicted octanol–water partition coefficient (Wildman–Crippen LogP) is 19.0. The average molecular weight is 1370 g/mol. The summed E-state index contributed by atoms with van der Waals surface area (Å²) in [5.74, 6) is -0.239. The van der Waals surface area contributed by atoms with Crippen molar-refractivity contribution in [2.24, 2.45) is 0 Å². The van der Waals surface area contributed by atoms with E-state index < -0.39 is 86.8 Å². The summed E-state index contributed by atoms with van der Waals surface area (Å²) in [6.45, 7) is 2.86. The molecule has 0 aliphatic carbocycles. The van der Waals surface area contributed by atoms with Crippen molar-refractivity contribution < 1.29 is 64.6 Å². The highest BCUT2D eigenvalue weighted by Crippen LogP contribution is 2.30. The Balaban J connectivity index is 1.61. The van der Waals surface area contributed by atoms with Crippen LogP contribution in [-0.2, 0) is 23.7 Å². The summed E-state index contributed by atoms with van der Waals surface area (Å²) in [6, 6.07) is -0.931. The Bertz CT molecular complexity index is 1700. The van der Waals surface area contributed by atoms with Crippen LogP contribution < -0.4 is 5.32 Å². The fourth-order valence-electron chi connectivity index (χ4n) is 14.1. The van der Waals surface area contributed by atoms with Crippen LogP contribution in [0.25, 0.3) is 0 Å². The molecule has 0 aromatic carbocycles. The number of amides is 1. The molecule has 0 aromatic rings. The highest BCUT2D eigenvalue weighted by Gasteiger charge is 2.51. The normalized spacial score (nSPS) is 22.3. The molecule has 96 heavy (non-hydrogen) atoms. The summed E-state index contributed by atoms with van der Waals surface area (Å²) < 4.78 is 22.9. The minimum atomic E-state index is -1.79. The Labute approximate surface area is 589 Å². The van der Waals surface area contributed by atoms with Crippen molar-refractivity contribution in [3.8, 4) is 0 Å². The monoisotopic (exact) mass is 1360 g/mol. The molecule has 2 saturated heterocycles. The summed E-state index contributed by atoms with van der Waals surface area (Å²) in [5, 5.41) is 87.7. The number of carbonyl (C=O) groups is 1. The van der Waals surface area contributed by atoms with Gasteiger partial charge in [-0.15, -0.1) is 0 Å². The first-order chi connectivity index (χ1) is 47.1. The van der Waals surface area contributed by atoms with Gasteiger partial charge in [-0.3, -0.25) is 4.79 Å². The quantitative estimate of drug-likeness (QED) is 0.0204. The van der Waals surface area contributed by atoms with Crippen LogP contribution in [0.3, 0.4) is 0 Å². The predicted molar refractivity (Wildman–Crippen MR) is 397 cm³/mol. The van der Waals surface area contributed by atoms with Crippen LogP contribution in [-0.4, -0.2) is 140 Å². The number of unbranched alkanes of at least 4 members (excludes halogenated alkanes) is 56. The highest BCUT2D eigenvalue weighted by molar-refractivity contribution is 5.76. The van der Waals surface area contributed by atoms with Crippen molar-refractivity contribution in [1.29, 1.82) is 0 Å². The van der Waals surface area contributed by atoms with E-state index in [2.05, 4.69) is 31.3 Å². The second-order valence-corrected chi connectivity index (χ2v) is 29.6. The summed E-state index contributed by atoms with van der Waals surface area (Å²) in [7, 11) is 0. The molecule has 2 heterocycles. The van der Waals surface area contributed by atoms with Gasteiger partial charge in [0.2, 0.25) is 5.91 Å². The Morgan fingerprint density at radius 1 is 0.365 bits per heavy atom. The van der Waals surface area contributed by atoms with Gasteiger partial charge >= 0.3 is 0 Å². The molecule has 12 atom stereocenters. The van der Waals surface area contributed by atoms with Gasteiger partial charge in [0.15, 0.2) is 12.6 Å². The summed E-state index contributed by atoms with van der Waals surface area (Å²) >= 11 is 0. The highest BCUT2D eigenvalue weighted by atomic mass is 16.7. The number of aliphatic hydroxyl groups is 8. The van der Waals surface area contributed by atoms with Gasteiger partial charge in [0.25, 0.3) is 0 Å². The standard InChI is InChI=1S/C82H157NO13/c1-3-5-7-9-11-13-15-17-19-21-23-25-27-29-31-33-35-36-37-39-41-43-45-47-49-51-53-55-57-59-61-63-65-71(86)70(69-93-81-79(92)77(90)80(73(68-85)95-81)96-82-78(91)76(89)75(88)72(67-84)94-82)83-74(87)66-64-62-60-58-56-54-52-50-48-46-44-42-40-38-34-32-30-28-26-24-22-20-18-16-14-12-10-8-6-4-2/h55,57,63,65,70-73,75-82,84-86,88-92H,3-54,56,58-62,64,66-69H2,1-2H3,(H,83,87)/b57-55+,65-63+. The van der Waals surface area contributed by atoms with Gasteiger partial charge in [0.05, 0.1) is 32.0 Å². The zero-order valence-electron chi connectivity index (χ0n) is 62.4. The summed E-state index contributed by atoms with van der Waals surface area (Å²) in [5.41, 5.74) is 0. The fraction of sp³-hybridized carbons (Fsp3) is 0.939. The Hall–Kier alpha value is -1.53. The van der Waals surface area contributed by atoms with Crippen molar-refractivity contribution in [3.05, 3.63) is 24.3 Å². The molecule has 0 aromatic heterocycles. The summed E-state index contributed by atoms with van der Waals surface area (Å²) in [4.78, 5) is 13.4. The zero-order valence-corrected chi connectivity index (χ0v) is 62.4. The number of ether oxygens (including phenoxy) is 4. The Kier molecular flexibility index (Phi) is 62.9. The van der Waals surface area contributed by atoms with Crippen LogP contribution in [0.5, 0.6) is 0 Å². The third-order valence-electron chi connectivity index (χ3n) is 20.6. The fourth-order valence-corrected chi connectivity index (χ4v) is 14.1. The van der Waals surface area contributed by atoms with Crippen molar-refractivity contribution in [1.82, 2.24) is 5.32 Å². The van der Waals surface area contributed by atoms with Crippen molar-refractivity contribution in [2.45, 2.75) is 473 Å². The molecule has 0 spiro atoms. The van der Waals surface area contributed by atoms with Gasteiger partial charge in [-0.05, 0) is 32.1 Å². The second-order valence-electron chi connectivity index (χ2n) is 29.6. The number of hydrogen-bond donors (Lipinski definition) is 9. The number of nitrogens with one attached hydrogen (secondary N) is 1. The molecule has 14 heteroatoms. The molecular weight excluding hydrogens is 1210 g/mol. The van der Waals surface area contributed by atoms with Crippen molar-refractivity contribution in [2.75, 3.05) is 19.8 Å². The largest absolute Gasteiger partial charge is 0.394 e. The molecule has 2 rings (SSSR count). The van der Waals surface area contributed by atoms with Crippen LogP contribution in [0.4, 0.5) is 0 Å². The van der Waals surface area contributed by atoms with E-state index in [4.69, 9.17) is 18.9 Å². The molecule has 2 aliphatic rings. The van der Waals surface area contributed by atoms with Crippen molar-refractivity contribution >= 4 is 5.91 Å². The summed E-state index contributed by atoms with van der Waals surface area (Å²) in [6.07, 6.45) is 70.0. The molecule has 12 unspecified atom stereocenters. The minimum Gasteiger partial charge on any atom is -0.394 e. The molecule has 9 N–H and O–H groups in total. The lowest BCUT2D eigenvalue weighted by Crippen LogP contribution is -2.65. The second kappa shape index (κ2) is 66.7. The van der Waals surface area contributed by atoms with E-state index in [0.29, 0.717) is 12.8 Å². The van der Waals surface area contributed by atoms with Crippen LogP contribution in [0.15, 0.2) is 24.3 Å². The average Bonchev–Trinajstić information content (AvgIpc) is 0.804. The van der Waals surface area contributed by atoms with Gasteiger partial charge in [-0.2, -0.15) is 0 Å². The first-order valence-electron chi connectivity index (χ1n) is 41.6. The van der Waals surface area contributed by atoms with Gasteiger partial charge < -0.3 is 65.1 Å². The van der Waals surface area contributed by atoms with Crippen LogP contribution in [0.2, 0.25) is 0 Å². The molecule has 0 radical (unpaired) electrons. The van der Waals surface area contributed by atoms with E-state index in [1.165, 1.54) is 334 Å². The van der Waals surface area contributed by atoms with Gasteiger partial charge in [0, 0.05) is 6.42 Å². The SMILES string of the molecule is CCCCCCCCCCCCCCCCCCCCCCCCCCCC/C=C/CC/C=C/C(O)C(COC1OC(CO)C(OC2OC(CO)C(O)C(O)C2O)C(O)C1O)NC(=O)CCCCCCCCCCCCCCCCCCCCCCCCCCCCCCCC. The number of allylic oxidation sites excluding steroid dienone is 3. The maximum absolute atomic E-state index is 13.4. The third kappa shape index (κ3) is 49.1. The van der Waals surface area contributed by atoms with Gasteiger partial charge in [0.1, 0.15) is 48.8 Å². The maximum Gasteiger partial charge on any atom is 0.220 e. The van der Waals surface area contributed by atoms with E-state index in [0.717, 1.165) is 32.1 Å². The lowest BCUT2D eigenvalue weighted by atomic mass is 9.97. The minimum absolute atomic E-state index is 0.239. The molecule has 0 saturated carbocycles. The lowest BCUT2D eigenvalue weighted by molar-refractivity contribution is -0.359. The number of rotatable bonds is 71. The number of aliphatic hydroxyl groups excluding tert-OH is 8. The smallest absolute Gasteiger partial charge is 0.220 e.